The summed E-state index contributed by atoms with van der Waals surface area (Å²) < 4.78 is 27.9. The molecule has 0 spiro atoms. The molecule has 1 aromatic carbocycles. The lowest BCUT2D eigenvalue weighted by atomic mass is 10.0. The quantitative estimate of drug-likeness (QED) is 0.822. The molecular weight excluding hydrogens is 328 g/mol. The van der Waals surface area contributed by atoms with Crippen LogP contribution in [0.25, 0.3) is 0 Å². The van der Waals surface area contributed by atoms with E-state index in [0.29, 0.717) is 5.56 Å². The highest BCUT2D eigenvalue weighted by atomic mass is 35.5. The SMILES string of the molecule is CC1(C)C(NS(=O)(=O)c2cc(C(N)=S)ccc2Cl)C1(C)C. The molecule has 1 aliphatic rings. The number of nitrogens with one attached hydrogen (secondary N) is 1. The van der Waals surface area contributed by atoms with Crippen LogP contribution in [0.2, 0.25) is 5.02 Å². The summed E-state index contributed by atoms with van der Waals surface area (Å²) in [5.74, 6) is 0. The molecule has 0 heterocycles. The maximum absolute atomic E-state index is 12.6. The largest absolute Gasteiger partial charge is 0.389 e. The first-order valence-electron chi connectivity index (χ1n) is 6.53. The van der Waals surface area contributed by atoms with Gasteiger partial charge >= 0.3 is 0 Å². The number of sulfonamides is 1. The van der Waals surface area contributed by atoms with E-state index in [4.69, 9.17) is 29.6 Å². The summed E-state index contributed by atoms with van der Waals surface area (Å²) in [5.41, 5.74) is 5.82. The summed E-state index contributed by atoms with van der Waals surface area (Å²) in [4.78, 5) is 0.142. The standard InChI is InChI=1S/C14H19ClN2O2S2/c1-13(2)12(14(13,3)4)17-21(18,19)10-7-8(11(16)20)5-6-9(10)15/h5-7,12,17H,1-4H3,(H2,16,20). The van der Waals surface area contributed by atoms with Crippen LogP contribution in [0.4, 0.5) is 0 Å². The van der Waals surface area contributed by atoms with Crippen molar-refractivity contribution in [3.63, 3.8) is 0 Å². The van der Waals surface area contributed by atoms with Gasteiger partial charge in [-0.25, -0.2) is 13.1 Å². The van der Waals surface area contributed by atoms with E-state index in [2.05, 4.69) is 4.72 Å². The van der Waals surface area contributed by atoms with Gasteiger partial charge in [-0.15, -0.1) is 0 Å². The van der Waals surface area contributed by atoms with E-state index in [1.165, 1.54) is 12.1 Å². The maximum Gasteiger partial charge on any atom is 0.242 e. The smallest absolute Gasteiger partial charge is 0.242 e. The van der Waals surface area contributed by atoms with Crippen LogP contribution in [-0.4, -0.2) is 19.4 Å². The molecule has 0 aromatic heterocycles. The lowest BCUT2D eigenvalue weighted by molar-refractivity contribution is 0.457. The number of rotatable bonds is 4. The summed E-state index contributed by atoms with van der Waals surface area (Å²) >= 11 is 10.9. The number of hydrogen-bond donors (Lipinski definition) is 2. The van der Waals surface area contributed by atoms with Crippen LogP contribution in [0.15, 0.2) is 23.1 Å². The summed E-state index contributed by atoms with van der Waals surface area (Å²) in [6.07, 6.45) is 0. The number of halogens is 1. The molecule has 4 nitrogen and oxygen atoms in total. The van der Waals surface area contributed by atoms with Crippen molar-refractivity contribution in [2.75, 3.05) is 0 Å². The average Bonchev–Trinajstić information content (AvgIpc) is 2.71. The third kappa shape index (κ3) is 2.70. The molecule has 0 saturated heterocycles. The first-order valence-corrected chi connectivity index (χ1v) is 8.80. The van der Waals surface area contributed by atoms with Crippen LogP contribution in [0.1, 0.15) is 33.3 Å². The van der Waals surface area contributed by atoms with Crippen molar-refractivity contribution in [2.24, 2.45) is 16.6 Å². The second kappa shape index (κ2) is 4.91. The van der Waals surface area contributed by atoms with Gasteiger partial charge in [0.15, 0.2) is 0 Å². The van der Waals surface area contributed by atoms with Gasteiger partial charge in [-0.1, -0.05) is 57.6 Å². The van der Waals surface area contributed by atoms with E-state index in [1.807, 2.05) is 27.7 Å². The Hall–Kier alpha value is -0.690. The molecule has 7 heteroatoms. The molecule has 0 amide bonds. The lowest BCUT2D eigenvalue weighted by Gasteiger charge is -2.11. The molecule has 3 N–H and O–H groups in total. The van der Waals surface area contributed by atoms with Crippen LogP contribution in [0.5, 0.6) is 0 Å². The third-order valence-corrected chi connectivity index (χ3v) is 6.94. The second-order valence-electron chi connectivity index (χ2n) is 6.51. The Morgan fingerprint density at radius 2 is 1.81 bits per heavy atom. The van der Waals surface area contributed by atoms with Crippen molar-refractivity contribution in [1.29, 1.82) is 0 Å². The Balaban J connectivity index is 2.38. The highest BCUT2D eigenvalue weighted by Crippen LogP contribution is 2.63. The van der Waals surface area contributed by atoms with Crippen molar-refractivity contribution in [3.8, 4) is 0 Å². The minimum Gasteiger partial charge on any atom is -0.389 e. The monoisotopic (exact) mass is 346 g/mol. The van der Waals surface area contributed by atoms with E-state index in [-0.39, 0.29) is 31.8 Å². The van der Waals surface area contributed by atoms with Crippen LogP contribution in [-0.2, 0) is 10.0 Å². The van der Waals surface area contributed by atoms with Gasteiger partial charge in [0.2, 0.25) is 10.0 Å². The Labute approximate surface area is 136 Å². The lowest BCUT2D eigenvalue weighted by Crippen LogP contribution is -2.30. The van der Waals surface area contributed by atoms with Gasteiger partial charge in [-0.05, 0) is 23.0 Å². The number of benzene rings is 1. The van der Waals surface area contributed by atoms with Crippen molar-refractivity contribution < 1.29 is 8.42 Å². The van der Waals surface area contributed by atoms with Crippen LogP contribution in [0, 0.1) is 10.8 Å². The first kappa shape index (κ1) is 16.7. The van der Waals surface area contributed by atoms with Crippen molar-refractivity contribution in [2.45, 2.75) is 38.6 Å². The van der Waals surface area contributed by atoms with Gasteiger partial charge in [0.05, 0.1) is 5.02 Å². The molecule has 1 aliphatic carbocycles. The van der Waals surface area contributed by atoms with Gasteiger partial charge in [0.1, 0.15) is 9.88 Å². The van der Waals surface area contributed by atoms with Crippen LogP contribution >= 0.6 is 23.8 Å². The summed E-state index contributed by atoms with van der Waals surface area (Å²) in [7, 11) is -3.72. The first-order chi connectivity index (χ1) is 9.41. The van der Waals surface area contributed by atoms with E-state index >= 15 is 0 Å². The number of nitrogens with two attached hydrogens (primary N) is 1. The van der Waals surface area contributed by atoms with E-state index in [9.17, 15) is 8.42 Å². The second-order valence-corrected chi connectivity index (χ2v) is 9.04. The summed E-state index contributed by atoms with van der Waals surface area (Å²) in [5, 5.41) is 0.152. The summed E-state index contributed by atoms with van der Waals surface area (Å²) in [6, 6.07) is 4.37. The van der Waals surface area contributed by atoms with E-state index < -0.39 is 10.0 Å². The molecule has 0 aliphatic heterocycles. The van der Waals surface area contributed by atoms with Gasteiger partial charge in [-0.2, -0.15) is 0 Å². The molecule has 0 bridgehead atoms. The molecule has 116 valence electrons. The predicted octanol–water partition coefficient (Wildman–Crippen LogP) is 2.69. The highest BCUT2D eigenvalue weighted by molar-refractivity contribution is 7.89. The fourth-order valence-electron chi connectivity index (χ4n) is 2.57. The Bertz CT molecular complexity index is 698. The van der Waals surface area contributed by atoms with E-state index in [1.54, 1.807) is 6.07 Å². The summed E-state index contributed by atoms with van der Waals surface area (Å²) in [6.45, 7) is 8.14. The number of thiocarbonyl (C=S) groups is 1. The molecule has 1 aromatic rings. The zero-order valence-corrected chi connectivity index (χ0v) is 14.8. The molecule has 0 radical (unpaired) electrons. The fraction of sp³-hybridized carbons (Fsp3) is 0.500. The van der Waals surface area contributed by atoms with Gasteiger partial charge in [0.25, 0.3) is 0 Å². The highest BCUT2D eigenvalue weighted by Gasteiger charge is 2.66. The molecule has 1 saturated carbocycles. The van der Waals surface area contributed by atoms with Gasteiger partial charge in [-0.3, -0.25) is 0 Å². The van der Waals surface area contributed by atoms with Crippen LogP contribution in [0.3, 0.4) is 0 Å². The molecular formula is C14H19ClN2O2S2. The van der Waals surface area contributed by atoms with Gasteiger partial charge in [0, 0.05) is 11.6 Å². The average molecular weight is 347 g/mol. The van der Waals surface area contributed by atoms with Crippen LogP contribution < -0.4 is 10.5 Å². The molecule has 21 heavy (non-hydrogen) atoms. The molecule has 0 atom stereocenters. The van der Waals surface area contributed by atoms with E-state index in [0.717, 1.165) is 0 Å². The normalized spacial score (nSPS) is 20.2. The minimum absolute atomic E-state index is 0.00738. The Morgan fingerprint density at radius 1 is 1.29 bits per heavy atom. The van der Waals surface area contributed by atoms with Crippen molar-refractivity contribution in [3.05, 3.63) is 28.8 Å². The Morgan fingerprint density at radius 3 is 2.24 bits per heavy atom. The molecule has 1 fully saturated rings. The predicted molar refractivity (Wildman–Crippen MR) is 89.0 cm³/mol. The number of hydrogen-bond acceptors (Lipinski definition) is 3. The fourth-order valence-corrected chi connectivity index (χ4v) is 4.75. The zero-order valence-electron chi connectivity index (χ0n) is 12.4. The maximum atomic E-state index is 12.6. The van der Waals surface area contributed by atoms with Crippen molar-refractivity contribution >= 4 is 38.8 Å². The molecule has 2 rings (SSSR count). The molecule has 0 unspecified atom stereocenters. The topological polar surface area (TPSA) is 72.2 Å². The zero-order chi connectivity index (χ0) is 16.2. The van der Waals surface area contributed by atoms with Crippen molar-refractivity contribution in [1.82, 2.24) is 4.72 Å². The Kier molecular flexibility index (Phi) is 3.90. The van der Waals surface area contributed by atoms with Gasteiger partial charge < -0.3 is 5.73 Å². The minimum atomic E-state index is -3.72. The third-order valence-electron chi connectivity index (χ3n) is 4.80.